The maximum Gasteiger partial charge on any atom is 0.269 e. The molecule has 1 amide bonds. The Kier molecular flexibility index (Phi) is 1.36. The van der Waals surface area contributed by atoms with Crippen molar-refractivity contribution in [3.8, 4) is 0 Å². The van der Waals surface area contributed by atoms with E-state index in [1.54, 1.807) is 0 Å². The molecule has 0 spiro atoms. The smallest absolute Gasteiger partial charge is 0.269 e. The van der Waals surface area contributed by atoms with Crippen molar-refractivity contribution < 1.29 is 4.79 Å². The van der Waals surface area contributed by atoms with Gasteiger partial charge in [-0.05, 0) is 31.6 Å². The number of rotatable bonds is 2. The molecule has 74 valence electrons. The number of hydrogen-bond donors (Lipinski definition) is 1. The maximum atomic E-state index is 11.2. The van der Waals surface area contributed by atoms with Gasteiger partial charge in [-0.15, -0.1) is 0 Å². The third-order valence-corrected chi connectivity index (χ3v) is 3.38. The summed E-state index contributed by atoms with van der Waals surface area (Å²) in [4.78, 5) is 11.2. The lowest BCUT2D eigenvalue weighted by molar-refractivity contribution is 0.0994. The Hall–Kier alpha value is -1.32. The predicted octanol–water partition coefficient (Wildman–Crippen LogP) is 0.662. The van der Waals surface area contributed by atoms with Gasteiger partial charge in [0, 0.05) is 17.8 Å². The number of aryl methyl sites for hydroxylation is 1. The molecule has 0 radical (unpaired) electrons. The van der Waals surface area contributed by atoms with Gasteiger partial charge in [0.25, 0.3) is 5.91 Å². The van der Waals surface area contributed by atoms with Crippen molar-refractivity contribution in [2.45, 2.75) is 32.2 Å². The van der Waals surface area contributed by atoms with Crippen molar-refractivity contribution in [3.05, 3.63) is 17.0 Å². The van der Waals surface area contributed by atoms with Crippen LogP contribution in [0.25, 0.3) is 0 Å². The number of carbonyl (C=O) groups excluding carboxylic acids is 1. The van der Waals surface area contributed by atoms with E-state index in [-0.39, 0.29) is 5.91 Å². The summed E-state index contributed by atoms with van der Waals surface area (Å²) in [5.41, 5.74) is 8.25. The molecule has 2 unspecified atom stereocenters. The summed E-state index contributed by atoms with van der Waals surface area (Å²) in [6.07, 6.45) is 2.32. The fourth-order valence-corrected chi connectivity index (χ4v) is 2.63. The molecular formula is C10H13N3O. The van der Waals surface area contributed by atoms with Gasteiger partial charge in [-0.3, -0.25) is 9.48 Å². The van der Waals surface area contributed by atoms with Crippen molar-refractivity contribution in [2.24, 2.45) is 11.7 Å². The van der Waals surface area contributed by atoms with Crippen LogP contribution in [0, 0.1) is 5.92 Å². The zero-order valence-electron chi connectivity index (χ0n) is 8.16. The number of aromatic nitrogens is 2. The molecule has 1 aromatic rings. The Balaban J connectivity index is 2.18. The molecule has 1 aromatic heterocycles. The summed E-state index contributed by atoms with van der Waals surface area (Å²) < 4.78 is 1.93. The van der Waals surface area contributed by atoms with Gasteiger partial charge in [-0.25, -0.2) is 0 Å². The van der Waals surface area contributed by atoms with Gasteiger partial charge in [0.2, 0.25) is 0 Å². The van der Waals surface area contributed by atoms with Crippen LogP contribution in [0.1, 0.15) is 41.0 Å². The number of nitrogens with two attached hydrogens (primary N) is 1. The molecule has 1 heterocycles. The van der Waals surface area contributed by atoms with E-state index in [9.17, 15) is 4.79 Å². The summed E-state index contributed by atoms with van der Waals surface area (Å²) >= 11 is 0. The van der Waals surface area contributed by atoms with Crippen LogP contribution in [0.4, 0.5) is 0 Å². The zero-order valence-corrected chi connectivity index (χ0v) is 8.16. The van der Waals surface area contributed by atoms with Crippen molar-refractivity contribution in [1.29, 1.82) is 0 Å². The summed E-state index contributed by atoms with van der Waals surface area (Å²) in [6, 6.07) is 0. The van der Waals surface area contributed by atoms with Gasteiger partial charge in [0.1, 0.15) is 0 Å². The molecule has 4 nitrogen and oxygen atoms in total. The number of carbonyl (C=O) groups is 1. The van der Waals surface area contributed by atoms with Crippen LogP contribution in [0.3, 0.4) is 0 Å². The molecule has 1 saturated carbocycles. The quantitative estimate of drug-likeness (QED) is 0.746. The predicted molar refractivity (Wildman–Crippen MR) is 51.0 cm³/mol. The molecule has 4 heteroatoms. The van der Waals surface area contributed by atoms with Crippen LogP contribution < -0.4 is 5.73 Å². The third kappa shape index (κ3) is 0.832. The van der Waals surface area contributed by atoms with E-state index in [0.717, 1.165) is 24.4 Å². The average Bonchev–Trinajstić information content (AvgIpc) is 2.68. The zero-order chi connectivity index (χ0) is 9.87. The van der Waals surface area contributed by atoms with Crippen LogP contribution in [-0.2, 0) is 13.0 Å². The van der Waals surface area contributed by atoms with E-state index >= 15 is 0 Å². The molecule has 0 aliphatic heterocycles. The minimum absolute atomic E-state index is 0.374. The van der Waals surface area contributed by atoms with Crippen LogP contribution in [0.2, 0.25) is 0 Å². The van der Waals surface area contributed by atoms with Crippen molar-refractivity contribution in [3.63, 3.8) is 0 Å². The topological polar surface area (TPSA) is 60.9 Å². The lowest BCUT2D eigenvalue weighted by Crippen LogP contribution is -2.14. The fraction of sp³-hybridized carbons (Fsp3) is 0.600. The van der Waals surface area contributed by atoms with Gasteiger partial charge < -0.3 is 5.73 Å². The highest BCUT2D eigenvalue weighted by Gasteiger charge is 2.49. The normalized spacial score (nSPS) is 27.2. The fourth-order valence-electron chi connectivity index (χ4n) is 2.63. The van der Waals surface area contributed by atoms with E-state index in [4.69, 9.17) is 5.73 Å². The number of primary amides is 1. The molecule has 14 heavy (non-hydrogen) atoms. The molecule has 3 rings (SSSR count). The van der Waals surface area contributed by atoms with Crippen molar-refractivity contribution >= 4 is 5.91 Å². The molecule has 0 bridgehead atoms. The van der Waals surface area contributed by atoms with Crippen LogP contribution in [0.5, 0.6) is 0 Å². The Labute approximate surface area is 82.1 Å². The van der Waals surface area contributed by atoms with Gasteiger partial charge in [-0.1, -0.05) is 0 Å². The third-order valence-electron chi connectivity index (χ3n) is 3.38. The van der Waals surface area contributed by atoms with Gasteiger partial charge in [0.05, 0.1) is 0 Å². The molecule has 2 N–H and O–H groups in total. The largest absolute Gasteiger partial charge is 0.364 e. The summed E-state index contributed by atoms with van der Waals surface area (Å²) in [5.74, 6) is 0.993. The Morgan fingerprint density at radius 2 is 2.50 bits per heavy atom. The minimum atomic E-state index is -0.374. The number of hydrogen-bond acceptors (Lipinski definition) is 2. The summed E-state index contributed by atoms with van der Waals surface area (Å²) in [5, 5.41) is 4.27. The highest BCUT2D eigenvalue weighted by molar-refractivity contribution is 5.93. The Bertz CT molecular complexity index is 421. The molecule has 0 aromatic carbocycles. The monoisotopic (exact) mass is 191 g/mol. The van der Waals surface area contributed by atoms with Gasteiger partial charge in [0.15, 0.2) is 5.69 Å². The molecule has 2 aliphatic rings. The van der Waals surface area contributed by atoms with Crippen LogP contribution in [0.15, 0.2) is 0 Å². The molecule has 2 aliphatic carbocycles. The van der Waals surface area contributed by atoms with Gasteiger partial charge in [-0.2, -0.15) is 5.10 Å². The molecule has 0 saturated heterocycles. The van der Waals surface area contributed by atoms with E-state index in [2.05, 4.69) is 5.10 Å². The maximum absolute atomic E-state index is 11.2. The second kappa shape index (κ2) is 2.38. The highest BCUT2D eigenvalue weighted by Crippen LogP contribution is 2.57. The first kappa shape index (κ1) is 8.03. The first-order chi connectivity index (χ1) is 6.72. The Morgan fingerprint density at radius 1 is 1.71 bits per heavy atom. The first-order valence-electron chi connectivity index (χ1n) is 5.11. The van der Waals surface area contributed by atoms with E-state index in [1.807, 2.05) is 11.6 Å². The summed E-state index contributed by atoms with van der Waals surface area (Å²) in [7, 11) is 0. The lowest BCUT2D eigenvalue weighted by Gasteiger charge is -2.00. The van der Waals surface area contributed by atoms with E-state index < -0.39 is 0 Å². The van der Waals surface area contributed by atoms with Crippen LogP contribution >= 0.6 is 0 Å². The molecule has 1 fully saturated rings. The molecule has 2 atom stereocenters. The van der Waals surface area contributed by atoms with Crippen molar-refractivity contribution in [1.82, 2.24) is 9.78 Å². The van der Waals surface area contributed by atoms with Crippen molar-refractivity contribution in [2.75, 3.05) is 0 Å². The number of nitrogens with zero attached hydrogens (tertiary/aromatic N) is 2. The lowest BCUT2D eigenvalue weighted by atomic mass is 10.1. The van der Waals surface area contributed by atoms with E-state index in [0.29, 0.717) is 11.6 Å². The first-order valence-corrected chi connectivity index (χ1v) is 5.11. The van der Waals surface area contributed by atoms with Gasteiger partial charge >= 0.3 is 0 Å². The number of amides is 1. The SMILES string of the molecule is CCn1nc(C(N)=O)c2c1CC1CC21. The highest BCUT2D eigenvalue weighted by atomic mass is 16.1. The summed E-state index contributed by atoms with van der Waals surface area (Å²) in [6.45, 7) is 2.87. The molecular weight excluding hydrogens is 178 g/mol. The average molecular weight is 191 g/mol. The minimum Gasteiger partial charge on any atom is -0.364 e. The second-order valence-electron chi connectivity index (χ2n) is 4.20. The van der Waals surface area contributed by atoms with Crippen LogP contribution in [-0.4, -0.2) is 15.7 Å². The standard InChI is InChI=1S/C10H13N3O/c1-2-13-7-4-5-3-6(5)8(7)9(12-13)10(11)14/h5-6H,2-4H2,1H3,(H2,11,14). The van der Waals surface area contributed by atoms with E-state index in [1.165, 1.54) is 12.1 Å². The number of fused-ring (bicyclic) bond motifs is 3. The Morgan fingerprint density at radius 3 is 3.14 bits per heavy atom. The second-order valence-corrected chi connectivity index (χ2v) is 4.20.